The van der Waals surface area contributed by atoms with Crippen LogP contribution in [-0.4, -0.2) is 26.9 Å². The molecule has 5 nitrogen and oxygen atoms in total. The molecule has 0 amide bonds. The third kappa shape index (κ3) is 2.18. The number of hydrogen-bond donors (Lipinski definition) is 2. The summed E-state index contributed by atoms with van der Waals surface area (Å²) in [5, 5.41) is 16.5. The number of aliphatic carboxylic acids is 1. The number of aryl methyl sites for hydroxylation is 2. The Balaban J connectivity index is 2.14. The first-order chi connectivity index (χ1) is 7.61. The number of hydrogen-bond acceptors (Lipinski definition) is 3. The maximum absolute atomic E-state index is 11.1. The van der Waals surface area contributed by atoms with E-state index in [1.165, 1.54) is 0 Å². The maximum Gasteiger partial charge on any atom is 0.326 e. The average Bonchev–Trinajstić information content (AvgIpc) is 2.99. The molecule has 1 fully saturated rings. The molecule has 1 aliphatic carbocycles. The van der Waals surface area contributed by atoms with Gasteiger partial charge in [-0.05, 0) is 25.2 Å². The summed E-state index contributed by atoms with van der Waals surface area (Å²) in [5.41, 5.74) is 1.78. The van der Waals surface area contributed by atoms with Crippen LogP contribution < -0.4 is 5.32 Å². The van der Waals surface area contributed by atoms with Gasteiger partial charge >= 0.3 is 5.97 Å². The van der Waals surface area contributed by atoms with Gasteiger partial charge in [-0.15, -0.1) is 0 Å². The Bertz CT molecular complexity index is 396. The van der Waals surface area contributed by atoms with E-state index in [1.807, 2.05) is 20.2 Å². The smallest absolute Gasteiger partial charge is 0.326 e. The van der Waals surface area contributed by atoms with Crippen LogP contribution in [0.3, 0.4) is 0 Å². The summed E-state index contributed by atoms with van der Waals surface area (Å²) < 4.78 is 1.72. The number of carboxylic acid groups (broad SMARTS) is 1. The quantitative estimate of drug-likeness (QED) is 0.788. The highest BCUT2D eigenvalue weighted by atomic mass is 16.4. The molecule has 88 valence electrons. The van der Waals surface area contributed by atoms with E-state index in [0.717, 1.165) is 30.6 Å². The van der Waals surface area contributed by atoms with Crippen molar-refractivity contribution in [2.45, 2.75) is 32.2 Å². The molecule has 1 heterocycles. The molecule has 1 saturated carbocycles. The summed E-state index contributed by atoms with van der Waals surface area (Å²) in [5.74, 6) is -0.490. The van der Waals surface area contributed by atoms with E-state index in [-0.39, 0.29) is 5.92 Å². The van der Waals surface area contributed by atoms with Gasteiger partial charge in [-0.2, -0.15) is 5.10 Å². The molecular formula is C11H17N3O2. The van der Waals surface area contributed by atoms with Gasteiger partial charge in [0.05, 0.1) is 11.4 Å². The summed E-state index contributed by atoms with van der Waals surface area (Å²) in [4.78, 5) is 11.1. The van der Waals surface area contributed by atoms with Crippen molar-refractivity contribution in [1.82, 2.24) is 9.78 Å². The summed E-state index contributed by atoms with van der Waals surface area (Å²) in [6.45, 7) is 2.01. The SMILES string of the molecule is CCc1nn(C)cc1NC(C(=O)O)C1CC1. The van der Waals surface area contributed by atoms with Crippen LogP contribution in [0.5, 0.6) is 0 Å². The number of rotatable bonds is 5. The standard InChI is InChI=1S/C11H17N3O2/c1-3-8-9(6-14(2)13-8)12-10(11(15)16)7-4-5-7/h6-7,10,12H,3-5H2,1-2H3,(H,15,16). The largest absolute Gasteiger partial charge is 0.480 e. The molecule has 5 heteroatoms. The molecule has 0 bridgehead atoms. The van der Waals surface area contributed by atoms with E-state index in [2.05, 4.69) is 10.4 Å². The van der Waals surface area contributed by atoms with Crippen molar-refractivity contribution in [3.05, 3.63) is 11.9 Å². The van der Waals surface area contributed by atoms with Crippen molar-refractivity contribution in [3.63, 3.8) is 0 Å². The Labute approximate surface area is 94.5 Å². The second kappa shape index (κ2) is 4.15. The van der Waals surface area contributed by atoms with Crippen molar-refractivity contribution in [2.24, 2.45) is 13.0 Å². The van der Waals surface area contributed by atoms with Crippen LogP contribution in [0.1, 0.15) is 25.5 Å². The van der Waals surface area contributed by atoms with Crippen LogP contribution in [0.2, 0.25) is 0 Å². The Morgan fingerprint density at radius 3 is 2.94 bits per heavy atom. The first-order valence-electron chi connectivity index (χ1n) is 5.63. The highest BCUT2D eigenvalue weighted by molar-refractivity contribution is 5.78. The number of nitrogens with one attached hydrogen (secondary N) is 1. The van der Waals surface area contributed by atoms with Crippen LogP contribution in [0, 0.1) is 5.92 Å². The second-order valence-corrected chi connectivity index (χ2v) is 4.31. The molecule has 0 spiro atoms. The number of anilines is 1. The third-order valence-electron chi connectivity index (χ3n) is 2.91. The van der Waals surface area contributed by atoms with Crippen LogP contribution in [0.25, 0.3) is 0 Å². The van der Waals surface area contributed by atoms with Gasteiger partial charge in [-0.3, -0.25) is 4.68 Å². The zero-order chi connectivity index (χ0) is 11.7. The van der Waals surface area contributed by atoms with Gasteiger partial charge in [0.25, 0.3) is 0 Å². The van der Waals surface area contributed by atoms with Crippen LogP contribution >= 0.6 is 0 Å². The van der Waals surface area contributed by atoms with Crippen molar-refractivity contribution >= 4 is 11.7 Å². The number of nitrogens with zero attached hydrogens (tertiary/aromatic N) is 2. The van der Waals surface area contributed by atoms with E-state index >= 15 is 0 Å². The zero-order valence-corrected chi connectivity index (χ0v) is 9.60. The van der Waals surface area contributed by atoms with Crippen LogP contribution in [-0.2, 0) is 18.3 Å². The van der Waals surface area contributed by atoms with Gasteiger partial charge in [0.2, 0.25) is 0 Å². The normalized spacial score (nSPS) is 17.1. The number of aromatic nitrogens is 2. The van der Waals surface area contributed by atoms with Gasteiger partial charge < -0.3 is 10.4 Å². The zero-order valence-electron chi connectivity index (χ0n) is 9.60. The molecular weight excluding hydrogens is 206 g/mol. The van der Waals surface area contributed by atoms with Crippen LogP contribution in [0.15, 0.2) is 6.20 Å². The van der Waals surface area contributed by atoms with Gasteiger partial charge in [-0.1, -0.05) is 6.92 Å². The topological polar surface area (TPSA) is 67.2 Å². The maximum atomic E-state index is 11.1. The van der Waals surface area contributed by atoms with Gasteiger partial charge in [0.1, 0.15) is 6.04 Å². The lowest BCUT2D eigenvalue weighted by molar-refractivity contribution is -0.138. The van der Waals surface area contributed by atoms with E-state index in [9.17, 15) is 4.79 Å². The molecule has 0 aromatic carbocycles. The molecule has 2 N–H and O–H groups in total. The number of carboxylic acids is 1. The minimum atomic E-state index is -0.770. The molecule has 1 unspecified atom stereocenters. The predicted molar refractivity (Wildman–Crippen MR) is 60.4 cm³/mol. The molecule has 1 aromatic heterocycles. The molecule has 16 heavy (non-hydrogen) atoms. The molecule has 0 saturated heterocycles. The van der Waals surface area contributed by atoms with E-state index < -0.39 is 12.0 Å². The van der Waals surface area contributed by atoms with Gasteiger partial charge in [0, 0.05) is 13.2 Å². The van der Waals surface area contributed by atoms with Gasteiger partial charge in [-0.25, -0.2) is 4.79 Å². The molecule has 0 aliphatic heterocycles. The van der Waals surface area contributed by atoms with E-state index in [0.29, 0.717) is 0 Å². The minimum Gasteiger partial charge on any atom is -0.480 e. The Hall–Kier alpha value is -1.52. The fourth-order valence-electron chi connectivity index (χ4n) is 1.89. The Morgan fingerprint density at radius 2 is 2.44 bits per heavy atom. The molecule has 1 aliphatic rings. The van der Waals surface area contributed by atoms with Crippen LogP contribution in [0.4, 0.5) is 5.69 Å². The number of carbonyl (C=O) groups is 1. The predicted octanol–water partition coefficient (Wildman–Crippen LogP) is 1.26. The van der Waals surface area contributed by atoms with Gasteiger partial charge in [0.15, 0.2) is 0 Å². The Morgan fingerprint density at radius 1 is 1.75 bits per heavy atom. The monoisotopic (exact) mass is 223 g/mol. The van der Waals surface area contributed by atoms with Crippen molar-refractivity contribution < 1.29 is 9.90 Å². The van der Waals surface area contributed by atoms with Crippen molar-refractivity contribution in [2.75, 3.05) is 5.32 Å². The lowest BCUT2D eigenvalue weighted by Crippen LogP contribution is -2.31. The molecule has 1 atom stereocenters. The lowest BCUT2D eigenvalue weighted by atomic mass is 10.1. The summed E-state index contributed by atoms with van der Waals surface area (Å²) in [6.07, 6.45) is 4.66. The average molecular weight is 223 g/mol. The fourth-order valence-corrected chi connectivity index (χ4v) is 1.89. The highest BCUT2D eigenvalue weighted by Crippen LogP contribution is 2.34. The Kier molecular flexibility index (Phi) is 2.85. The van der Waals surface area contributed by atoms with E-state index in [4.69, 9.17) is 5.11 Å². The highest BCUT2D eigenvalue weighted by Gasteiger charge is 2.36. The second-order valence-electron chi connectivity index (χ2n) is 4.31. The summed E-state index contributed by atoms with van der Waals surface area (Å²) in [6, 6.07) is -0.463. The first-order valence-corrected chi connectivity index (χ1v) is 5.63. The van der Waals surface area contributed by atoms with Crippen molar-refractivity contribution in [3.8, 4) is 0 Å². The fraction of sp³-hybridized carbons (Fsp3) is 0.636. The third-order valence-corrected chi connectivity index (χ3v) is 2.91. The lowest BCUT2D eigenvalue weighted by Gasteiger charge is -2.14. The minimum absolute atomic E-state index is 0.280. The summed E-state index contributed by atoms with van der Waals surface area (Å²) in [7, 11) is 1.84. The summed E-state index contributed by atoms with van der Waals surface area (Å²) >= 11 is 0. The molecule has 1 aromatic rings. The first kappa shape index (κ1) is 11.0. The molecule has 2 rings (SSSR count). The molecule has 0 radical (unpaired) electrons. The van der Waals surface area contributed by atoms with Crippen molar-refractivity contribution in [1.29, 1.82) is 0 Å². The van der Waals surface area contributed by atoms with E-state index in [1.54, 1.807) is 4.68 Å².